The Balaban J connectivity index is -0.000000845. The average Bonchev–Trinajstić information content (AvgIpc) is 1.97. The molecule has 0 heterocycles. The van der Waals surface area contributed by atoms with E-state index in [0.717, 1.165) is 4.90 Å². The van der Waals surface area contributed by atoms with E-state index >= 15 is 0 Å². The molecule has 2 N–H and O–H groups in total. The van der Waals surface area contributed by atoms with Crippen LogP contribution in [0.2, 0.25) is 0 Å². The van der Waals surface area contributed by atoms with Crippen LogP contribution in [-0.4, -0.2) is 47.8 Å². The molecule has 0 saturated carbocycles. The minimum atomic E-state index is -1.50. The zero-order valence-electron chi connectivity index (χ0n) is 9.06. The summed E-state index contributed by atoms with van der Waals surface area (Å²) in [5, 5.41) is 30.2. The first-order valence-corrected chi connectivity index (χ1v) is 3.50. The Bertz CT molecular complexity index is 233. The summed E-state index contributed by atoms with van der Waals surface area (Å²) in [6, 6.07) is 0. The van der Waals surface area contributed by atoms with E-state index < -0.39 is 37.8 Å². The Morgan fingerprint density at radius 3 is 1.69 bits per heavy atom. The van der Waals surface area contributed by atoms with E-state index in [1.807, 2.05) is 5.32 Å². The topological polar surface area (TPSA) is 133 Å². The molecular weight excluding hydrogens is 242 g/mol. The third-order valence-corrected chi connectivity index (χ3v) is 1.16. The van der Waals surface area contributed by atoms with Crippen molar-refractivity contribution < 1.29 is 88.8 Å². The number of amides is 1. The number of aliphatic carboxylic acids is 2. The summed E-state index contributed by atoms with van der Waals surface area (Å²) >= 11 is 0. The summed E-state index contributed by atoms with van der Waals surface area (Å²) in [6.45, 7) is -1.79. The number of hydrogen-bond donors (Lipinski definition) is 2. The Kier molecular flexibility index (Phi) is 15.6. The van der Waals surface area contributed by atoms with Gasteiger partial charge in [-0.15, -0.1) is 0 Å². The number of carbonyl (C=O) groups excluding carboxylic acids is 2. The van der Waals surface area contributed by atoms with Gasteiger partial charge in [-0.05, 0) is 0 Å². The maximum absolute atomic E-state index is 10.1. The van der Waals surface area contributed by atoms with Gasteiger partial charge in [0.15, 0.2) is 0 Å². The summed E-state index contributed by atoms with van der Waals surface area (Å²) in [5.41, 5.74) is 0. The first-order chi connectivity index (χ1) is 6.41. The monoisotopic (exact) mass is 250 g/mol. The van der Waals surface area contributed by atoms with Crippen LogP contribution < -0.4 is 74.6 Å². The number of nitrogens with one attached hydrogen (secondary N) is 1. The molecule has 0 aliphatic rings. The molecule has 0 radical (unpaired) electrons. The Morgan fingerprint density at radius 2 is 1.44 bits per heavy atom. The number of nitrogens with zero attached hydrogens (tertiary/aromatic N) is 1. The maximum Gasteiger partial charge on any atom is 1.00 e. The quantitative estimate of drug-likeness (QED) is 0.353. The van der Waals surface area contributed by atoms with Gasteiger partial charge in [0, 0.05) is 13.1 Å². The van der Waals surface area contributed by atoms with Gasteiger partial charge in [0.25, 0.3) is 0 Å². The Morgan fingerprint density at radius 1 is 1.06 bits per heavy atom. The standard InChI is InChI=1S/C6H10N2O6.2Na/c9-4(10)1-8(2-5(11)12)3-7-6(13)14;;/h7H,1-3H2,(H,9,10)(H,11,12)(H,13,14);;/q;2*+1/p-2. The van der Waals surface area contributed by atoms with Gasteiger partial charge < -0.3 is 30.2 Å². The third kappa shape index (κ3) is 14.2. The SMILES string of the molecule is O=C([O-])CN(CNC(=O)O)CC(=O)[O-].[Na+].[Na+]. The molecule has 0 rings (SSSR count). The van der Waals surface area contributed by atoms with E-state index in [-0.39, 0.29) is 59.1 Å². The molecule has 0 unspecified atom stereocenters. The van der Waals surface area contributed by atoms with E-state index in [1.54, 1.807) is 0 Å². The van der Waals surface area contributed by atoms with Crippen LogP contribution in [0, 0.1) is 0 Å². The first kappa shape index (κ1) is 21.5. The van der Waals surface area contributed by atoms with Gasteiger partial charge in [0.2, 0.25) is 0 Å². The van der Waals surface area contributed by atoms with Crippen molar-refractivity contribution >= 4 is 18.0 Å². The van der Waals surface area contributed by atoms with E-state index in [1.165, 1.54) is 0 Å². The minimum absolute atomic E-state index is 0. The number of hydrogen-bond acceptors (Lipinski definition) is 6. The second-order valence-corrected chi connectivity index (χ2v) is 2.37. The maximum atomic E-state index is 10.1. The predicted octanol–water partition coefficient (Wildman–Crippen LogP) is -9.98. The van der Waals surface area contributed by atoms with Crippen LogP contribution in [0.3, 0.4) is 0 Å². The van der Waals surface area contributed by atoms with Gasteiger partial charge in [0.05, 0.1) is 18.6 Å². The van der Waals surface area contributed by atoms with Crippen LogP contribution in [0.4, 0.5) is 4.79 Å². The average molecular weight is 250 g/mol. The fourth-order valence-electron chi connectivity index (χ4n) is 0.712. The molecule has 0 aliphatic carbocycles. The molecule has 0 aliphatic heterocycles. The molecule has 0 fully saturated rings. The van der Waals surface area contributed by atoms with Gasteiger partial charge in [-0.2, -0.15) is 0 Å². The molecule has 0 aromatic carbocycles. The molecule has 0 saturated heterocycles. The zero-order valence-corrected chi connectivity index (χ0v) is 13.1. The molecule has 0 aromatic heterocycles. The fourth-order valence-corrected chi connectivity index (χ4v) is 0.712. The van der Waals surface area contributed by atoms with Crippen LogP contribution >= 0.6 is 0 Å². The van der Waals surface area contributed by atoms with Crippen molar-refractivity contribution in [2.24, 2.45) is 0 Å². The van der Waals surface area contributed by atoms with Gasteiger partial charge in [-0.1, -0.05) is 0 Å². The van der Waals surface area contributed by atoms with Gasteiger partial charge >= 0.3 is 65.2 Å². The molecule has 16 heavy (non-hydrogen) atoms. The number of carbonyl (C=O) groups is 3. The van der Waals surface area contributed by atoms with Crippen molar-refractivity contribution in [2.75, 3.05) is 19.8 Å². The van der Waals surface area contributed by atoms with Crippen LogP contribution in [0.15, 0.2) is 0 Å². The van der Waals surface area contributed by atoms with Crippen molar-refractivity contribution in [3.8, 4) is 0 Å². The van der Waals surface area contributed by atoms with E-state index in [2.05, 4.69) is 0 Å². The molecule has 10 heteroatoms. The number of rotatable bonds is 6. The number of carboxylic acids is 2. The van der Waals surface area contributed by atoms with Crippen molar-refractivity contribution in [3.63, 3.8) is 0 Å². The molecule has 1 amide bonds. The molecule has 0 atom stereocenters. The van der Waals surface area contributed by atoms with Gasteiger partial charge in [0.1, 0.15) is 0 Å². The first-order valence-electron chi connectivity index (χ1n) is 3.50. The second-order valence-electron chi connectivity index (χ2n) is 2.37. The zero-order chi connectivity index (χ0) is 11.1. The summed E-state index contributed by atoms with van der Waals surface area (Å²) < 4.78 is 0. The van der Waals surface area contributed by atoms with Crippen LogP contribution in [-0.2, 0) is 9.59 Å². The van der Waals surface area contributed by atoms with Gasteiger partial charge in [-0.25, -0.2) is 4.79 Å². The molecule has 0 bridgehead atoms. The summed E-state index contributed by atoms with van der Waals surface area (Å²) in [5.74, 6) is -3.00. The summed E-state index contributed by atoms with van der Waals surface area (Å²) in [6.07, 6.45) is -1.38. The van der Waals surface area contributed by atoms with E-state index in [0.29, 0.717) is 0 Å². The third-order valence-electron chi connectivity index (χ3n) is 1.16. The number of carboxylic acid groups (broad SMARTS) is 3. The normalized spacial score (nSPS) is 8.56. The largest absolute Gasteiger partial charge is 1.00 e. The molecule has 80 valence electrons. The van der Waals surface area contributed by atoms with Gasteiger partial charge in [-0.3, -0.25) is 4.90 Å². The second kappa shape index (κ2) is 11.6. The minimum Gasteiger partial charge on any atom is -0.549 e. The molecule has 0 spiro atoms. The van der Waals surface area contributed by atoms with Crippen LogP contribution in [0.25, 0.3) is 0 Å². The van der Waals surface area contributed by atoms with Crippen molar-refractivity contribution in [1.82, 2.24) is 10.2 Å². The van der Waals surface area contributed by atoms with Crippen molar-refractivity contribution in [1.29, 1.82) is 0 Å². The predicted molar refractivity (Wildman–Crippen MR) is 37.6 cm³/mol. The van der Waals surface area contributed by atoms with Crippen molar-refractivity contribution in [2.45, 2.75) is 0 Å². The van der Waals surface area contributed by atoms with Crippen LogP contribution in [0.1, 0.15) is 0 Å². The smallest absolute Gasteiger partial charge is 0.549 e. The molecule has 0 aromatic rings. The Labute approximate surface area is 136 Å². The van der Waals surface area contributed by atoms with Crippen molar-refractivity contribution in [3.05, 3.63) is 0 Å². The summed E-state index contributed by atoms with van der Waals surface area (Å²) in [7, 11) is 0. The fraction of sp³-hybridized carbons (Fsp3) is 0.500. The van der Waals surface area contributed by atoms with Crippen LogP contribution in [0.5, 0.6) is 0 Å². The molecular formula is C6H8N2Na2O6. The van der Waals surface area contributed by atoms with E-state index in [4.69, 9.17) is 5.11 Å². The summed E-state index contributed by atoms with van der Waals surface area (Å²) in [4.78, 5) is 31.0. The van der Waals surface area contributed by atoms with E-state index in [9.17, 15) is 24.6 Å². The molecule has 8 nitrogen and oxygen atoms in total. The Hall–Kier alpha value is 0.170.